The van der Waals surface area contributed by atoms with Gasteiger partial charge in [-0.2, -0.15) is 0 Å². The number of hydrogen-bond acceptors (Lipinski definition) is 6. The molecule has 0 bridgehead atoms. The molecule has 0 heterocycles. The van der Waals surface area contributed by atoms with Crippen molar-refractivity contribution in [3.05, 3.63) is 95.1 Å². The van der Waals surface area contributed by atoms with Gasteiger partial charge in [-0.05, 0) is 54.1 Å². The Balaban J connectivity index is 1.89. The monoisotopic (exact) mass is 597 g/mol. The fraction of sp³-hybridized carbons (Fsp3) is 0.214. The van der Waals surface area contributed by atoms with Crippen LogP contribution in [0.1, 0.15) is 55.4 Å². The van der Waals surface area contributed by atoms with Gasteiger partial charge in [-0.1, -0.05) is 24.3 Å². The van der Waals surface area contributed by atoms with Crippen LogP contribution >= 0.6 is 0 Å². The number of alkyl halides is 6. The predicted octanol–water partition coefficient (Wildman–Crippen LogP) is 5.93. The summed E-state index contributed by atoms with van der Waals surface area (Å²) in [4.78, 5) is 49.5. The van der Waals surface area contributed by atoms with Crippen LogP contribution in [-0.2, 0) is 4.79 Å². The zero-order chi connectivity index (χ0) is 31.1. The van der Waals surface area contributed by atoms with Crippen LogP contribution in [-0.4, -0.2) is 47.8 Å². The Hall–Kier alpha value is -4.88. The van der Waals surface area contributed by atoms with Gasteiger partial charge < -0.3 is 19.9 Å². The van der Waals surface area contributed by atoms with Crippen LogP contribution in [0, 0.1) is 0 Å². The van der Waals surface area contributed by atoms with Gasteiger partial charge >= 0.3 is 18.7 Å². The summed E-state index contributed by atoms with van der Waals surface area (Å²) >= 11 is 0. The highest BCUT2D eigenvalue weighted by Crippen LogP contribution is 2.30. The van der Waals surface area contributed by atoms with Crippen molar-refractivity contribution in [3.8, 4) is 11.5 Å². The maximum Gasteiger partial charge on any atom is 0.573 e. The van der Waals surface area contributed by atoms with E-state index in [1.807, 2.05) is 0 Å². The molecule has 0 aliphatic carbocycles. The van der Waals surface area contributed by atoms with E-state index >= 15 is 0 Å². The molecule has 1 atom stereocenters. The summed E-state index contributed by atoms with van der Waals surface area (Å²) in [6.07, 6.45) is -10.8. The summed E-state index contributed by atoms with van der Waals surface area (Å²) in [6, 6.07) is 13.4. The molecule has 0 radical (unpaired) electrons. The van der Waals surface area contributed by atoms with E-state index in [9.17, 15) is 45.5 Å². The average molecular weight is 597 g/mol. The van der Waals surface area contributed by atoms with Crippen molar-refractivity contribution in [3.63, 3.8) is 0 Å². The molecule has 8 nitrogen and oxygen atoms in total. The van der Waals surface area contributed by atoms with Crippen molar-refractivity contribution in [2.24, 2.45) is 0 Å². The summed E-state index contributed by atoms with van der Waals surface area (Å²) in [6.45, 7) is -0.144. The molecule has 0 fully saturated rings. The number of ketones is 2. The molecule has 0 spiro atoms. The van der Waals surface area contributed by atoms with Crippen molar-refractivity contribution < 1.29 is 60.1 Å². The van der Waals surface area contributed by atoms with Gasteiger partial charge in [-0.15, -0.1) is 26.3 Å². The molecule has 42 heavy (non-hydrogen) atoms. The smallest absolute Gasteiger partial charge is 0.481 e. The highest BCUT2D eigenvalue weighted by molar-refractivity contribution is 6.06. The Labute approximate surface area is 233 Å². The summed E-state index contributed by atoms with van der Waals surface area (Å²) in [5, 5.41) is 11.1. The van der Waals surface area contributed by atoms with Gasteiger partial charge in [0.25, 0.3) is 5.91 Å². The summed E-state index contributed by atoms with van der Waals surface area (Å²) in [7, 11) is 0. The van der Waals surface area contributed by atoms with E-state index in [4.69, 9.17) is 5.11 Å². The third kappa shape index (κ3) is 9.64. The molecule has 14 heteroatoms. The van der Waals surface area contributed by atoms with Crippen LogP contribution in [0.3, 0.4) is 0 Å². The van der Waals surface area contributed by atoms with Gasteiger partial charge in [0, 0.05) is 29.7 Å². The Morgan fingerprint density at radius 1 is 0.738 bits per heavy atom. The Morgan fingerprint density at radius 2 is 1.31 bits per heavy atom. The number of rotatable bonds is 12. The van der Waals surface area contributed by atoms with Crippen molar-refractivity contribution >= 4 is 23.4 Å². The quantitative estimate of drug-likeness (QED) is 0.196. The summed E-state index contributed by atoms with van der Waals surface area (Å²) < 4.78 is 83.1. The molecule has 3 rings (SSSR count). The van der Waals surface area contributed by atoms with Crippen LogP contribution in [0.5, 0.6) is 11.5 Å². The molecular formula is C28H21F6NO7. The summed E-state index contributed by atoms with van der Waals surface area (Å²) in [5.74, 6) is -5.72. The topological polar surface area (TPSA) is 119 Å². The van der Waals surface area contributed by atoms with Crippen LogP contribution in [0.25, 0.3) is 0 Å². The van der Waals surface area contributed by atoms with Crippen LogP contribution in [0.2, 0.25) is 0 Å². The molecule has 1 amide bonds. The molecule has 0 aliphatic heterocycles. The maximum atomic E-state index is 13.5. The SMILES string of the molecule is O=C(O)CCNC(=O)c1ccc(C(CC(=O)c2ccc(OC(F)(F)F)cc2)C(=O)c2cccc(OC(F)(F)F)c2)cc1. The number of nitrogens with one attached hydrogen (secondary N) is 1. The van der Waals surface area contributed by atoms with E-state index in [-0.39, 0.29) is 35.2 Å². The second kappa shape index (κ2) is 13.2. The molecule has 2 N–H and O–H groups in total. The van der Waals surface area contributed by atoms with Crippen LogP contribution in [0.15, 0.2) is 72.8 Å². The van der Waals surface area contributed by atoms with E-state index in [2.05, 4.69) is 14.8 Å². The molecule has 0 saturated carbocycles. The molecule has 0 aliphatic rings. The maximum absolute atomic E-state index is 13.5. The fourth-order valence-corrected chi connectivity index (χ4v) is 3.81. The fourth-order valence-electron chi connectivity index (χ4n) is 3.81. The average Bonchev–Trinajstić information content (AvgIpc) is 2.90. The van der Waals surface area contributed by atoms with Gasteiger partial charge in [0.1, 0.15) is 11.5 Å². The number of aliphatic carboxylic acids is 1. The molecule has 0 saturated heterocycles. The number of Topliss-reactive ketones (excluding diaryl/α,β-unsaturated/α-hetero) is 2. The lowest BCUT2D eigenvalue weighted by Gasteiger charge is -2.18. The predicted molar refractivity (Wildman–Crippen MR) is 133 cm³/mol. The van der Waals surface area contributed by atoms with Crippen LogP contribution in [0.4, 0.5) is 26.3 Å². The number of carbonyl (C=O) groups excluding carboxylic acids is 3. The van der Waals surface area contributed by atoms with Crippen molar-refractivity contribution in [2.45, 2.75) is 31.5 Å². The number of hydrogen-bond donors (Lipinski definition) is 2. The van der Waals surface area contributed by atoms with E-state index in [1.54, 1.807) is 0 Å². The molecular weight excluding hydrogens is 576 g/mol. The first-order valence-corrected chi connectivity index (χ1v) is 12.0. The number of benzene rings is 3. The first kappa shape index (κ1) is 31.6. The Morgan fingerprint density at radius 3 is 1.88 bits per heavy atom. The normalized spacial score (nSPS) is 12.2. The third-order valence-electron chi connectivity index (χ3n) is 5.67. The number of amides is 1. The van der Waals surface area contributed by atoms with Crippen molar-refractivity contribution in [1.82, 2.24) is 5.32 Å². The van der Waals surface area contributed by atoms with E-state index in [0.29, 0.717) is 0 Å². The van der Waals surface area contributed by atoms with Crippen molar-refractivity contribution in [1.29, 1.82) is 0 Å². The lowest BCUT2D eigenvalue weighted by Crippen LogP contribution is -2.26. The minimum absolute atomic E-state index is 0.0640. The number of halogens is 6. The molecule has 1 unspecified atom stereocenters. The number of carbonyl (C=O) groups is 4. The lowest BCUT2D eigenvalue weighted by molar-refractivity contribution is -0.275. The molecule has 3 aromatic carbocycles. The molecule has 3 aromatic rings. The number of ether oxygens (including phenoxy) is 2. The Kier molecular flexibility index (Phi) is 9.94. The highest BCUT2D eigenvalue weighted by atomic mass is 19.4. The van der Waals surface area contributed by atoms with E-state index in [0.717, 1.165) is 42.5 Å². The highest BCUT2D eigenvalue weighted by Gasteiger charge is 2.33. The lowest BCUT2D eigenvalue weighted by atomic mass is 9.85. The van der Waals surface area contributed by atoms with Crippen molar-refractivity contribution in [2.75, 3.05) is 6.54 Å². The second-order valence-electron chi connectivity index (χ2n) is 8.71. The third-order valence-corrected chi connectivity index (χ3v) is 5.67. The molecule has 222 valence electrons. The number of carboxylic acid groups (broad SMARTS) is 1. The van der Waals surface area contributed by atoms with E-state index < -0.39 is 60.0 Å². The first-order valence-electron chi connectivity index (χ1n) is 12.0. The van der Waals surface area contributed by atoms with Crippen LogP contribution < -0.4 is 14.8 Å². The number of carboxylic acids is 1. The molecule has 0 aromatic heterocycles. The van der Waals surface area contributed by atoms with E-state index in [1.165, 1.54) is 30.3 Å². The Bertz CT molecular complexity index is 1430. The first-order chi connectivity index (χ1) is 19.6. The van der Waals surface area contributed by atoms with Gasteiger partial charge in [-0.3, -0.25) is 19.2 Å². The van der Waals surface area contributed by atoms with Gasteiger partial charge in [0.2, 0.25) is 0 Å². The minimum Gasteiger partial charge on any atom is -0.481 e. The summed E-state index contributed by atoms with van der Waals surface area (Å²) in [5.41, 5.74) is 0.0157. The van der Waals surface area contributed by atoms with Gasteiger partial charge in [0.05, 0.1) is 12.3 Å². The van der Waals surface area contributed by atoms with Gasteiger partial charge in [0.15, 0.2) is 11.6 Å². The minimum atomic E-state index is -5.03. The standard InChI is InChI=1S/C28H21F6NO7/c29-27(30,31)41-20-10-8-17(9-11-20)23(36)15-22(25(39)19-2-1-3-21(14-19)42-28(32,33)34)16-4-6-18(7-5-16)26(40)35-13-12-24(37)38/h1-11,14,22H,12-13,15H2,(H,35,40)(H,37,38). The largest absolute Gasteiger partial charge is 0.573 e. The second-order valence-corrected chi connectivity index (χ2v) is 8.71. The zero-order valence-electron chi connectivity index (χ0n) is 21.3. The zero-order valence-corrected chi connectivity index (χ0v) is 21.3. The van der Waals surface area contributed by atoms with Gasteiger partial charge in [-0.25, -0.2) is 0 Å².